The molecule has 2 heterocycles. The van der Waals surface area contributed by atoms with Crippen molar-refractivity contribution in [1.29, 1.82) is 0 Å². The van der Waals surface area contributed by atoms with Crippen LogP contribution >= 0.6 is 11.3 Å². The fourth-order valence-corrected chi connectivity index (χ4v) is 2.67. The van der Waals surface area contributed by atoms with Crippen molar-refractivity contribution in [2.24, 2.45) is 0 Å². The average Bonchev–Trinajstić information content (AvgIpc) is 2.79. The molecule has 1 aliphatic rings. The quantitative estimate of drug-likeness (QED) is 0.811. The molecular weight excluding hydrogens is 224 g/mol. The summed E-state index contributed by atoms with van der Waals surface area (Å²) in [5.41, 5.74) is 1.30. The van der Waals surface area contributed by atoms with E-state index in [1.807, 2.05) is 0 Å². The van der Waals surface area contributed by atoms with Crippen molar-refractivity contribution in [3.8, 4) is 0 Å². The van der Waals surface area contributed by atoms with E-state index in [1.54, 1.807) is 11.3 Å². The number of carboxylic acid groups (broad SMARTS) is 1. The molecule has 1 atom stereocenters. The molecule has 0 radical (unpaired) electrons. The number of aliphatic carboxylic acids is 1. The predicted molar refractivity (Wildman–Crippen MR) is 63.9 cm³/mol. The van der Waals surface area contributed by atoms with Crippen molar-refractivity contribution >= 4 is 17.3 Å². The summed E-state index contributed by atoms with van der Waals surface area (Å²) in [5.74, 6) is -0.725. The molecule has 0 aliphatic carbocycles. The molecule has 2 N–H and O–H groups in total. The highest BCUT2D eigenvalue weighted by Crippen LogP contribution is 2.10. The first-order valence-electron chi connectivity index (χ1n) is 5.46. The van der Waals surface area contributed by atoms with Crippen LogP contribution < -0.4 is 5.32 Å². The number of piperazine rings is 1. The summed E-state index contributed by atoms with van der Waals surface area (Å²) in [6, 6.07) is 1.73. The van der Waals surface area contributed by atoms with Gasteiger partial charge in [0.15, 0.2) is 0 Å². The molecule has 0 bridgehead atoms. The van der Waals surface area contributed by atoms with Crippen molar-refractivity contribution < 1.29 is 9.90 Å². The van der Waals surface area contributed by atoms with E-state index in [0.717, 1.165) is 26.1 Å². The minimum absolute atomic E-state index is 0.368. The Morgan fingerprint density at radius 3 is 3.25 bits per heavy atom. The predicted octanol–water partition coefficient (Wildman–Crippen LogP) is 0.649. The van der Waals surface area contributed by atoms with Gasteiger partial charge in [-0.25, -0.2) is 0 Å². The largest absolute Gasteiger partial charge is 0.480 e. The van der Waals surface area contributed by atoms with E-state index in [9.17, 15) is 4.79 Å². The molecule has 0 saturated carbocycles. The third-order valence-corrected chi connectivity index (χ3v) is 3.64. The van der Waals surface area contributed by atoms with Gasteiger partial charge in [-0.15, -0.1) is 0 Å². The van der Waals surface area contributed by atoms with Gasteiger partial charge < -0.3 is 10.4 Å². The van der Waals surface area contributed by atoms with Crippen LogP contribution in [-0.2, 0) is 11.2 Å². The summed E-state index contributed by atoms with van der Waals surface area (Å²) in [4.78, 5) is 13.1. The molecule has 0 spiro atoms. The zero-order chi connectivity index (χ0) is 11.4. The Morgan fingerprint density at radius 2 is 2.56 bits per heavy atom. The number of nitrogens with zero attached hydrogens (tertiary/aromatic N) is 1. The molecule has 5 heteroatoms. The van der Waals surface area contributed by atoms with Gasteiger partial charge in [0, 0.05) is 26.2 Å². The normalized spacial score (nSPS) is 22.1. The van der Waals surface area contributed by atoms with Gasteiger partial charge in [-0.2, -0.15) is 11.3 Å². The van der Waals surface area contributed by atoms with E-state index in [4.69, 9.17) is 5.11 Å². The smallest absolute Gasteiger partial charge is 0.322 e. The lowest BCUT2D eigenvalue weighted by molar-refractivity contribution is -0.143. The summed E-state index contributed by atoms with van der Waals surface area (Å²) < 4.78 is 0. The summed E-state index contributed by atoms with van der Waals surface area (Å²) in [7, 11) is 0. The molecular formula is C11H16N2O2S. The van der Waals surface area contributed by atoms with Crippen molar-refractivity contribution in [2.75, 3.05) is 26.2 Å². The van der Waals surface area contributed by atoms with Crippen LogP contribution in [0.3, 0.4) is 0 Å². The Morgan fingerprint density at radius 1 is 1.69 bits per heavy atom. The number of nitrogens with one attached hydrogen (secondary N) is 1. The molecule has 88 valence electrons. The summed E-state index contributed by atoms with van der Waals surface area (Å²) in [5, 5.41) is 16.4. The Kier molecular flexibility index (Phi) is 3.93. The third kappa shape index (κ3) is 2.81. The topological polar surface area (TPSA) is 52.6 Å². The second-order valence-electron chi connectivity index (χ2n) is 3.98. The van der Waals surface area contributed by atoms with Gasteiger partial charge >= 0.3 is 5.97 Å². The zero-order valence-electron chi connectivity index (χ0n) is 9.06. The summed E-state index contributed by atoms with van der Waals surface area (Å²) in [6.45, 7) is 3.09. The minimum atomic E-state index is -0.725. The summed E-state index contributed by atoms with van der Waals surface area (Å²) >= 11 is 1.69. The monoisotopic (exact) mass is 240 g/mol. The first kappa shape index (κ1) is 11.6. The van der Waals surface area contributed by atoms with Crippen LogP contribution in [0.2, 0.25) is 0 Å². The molecule has 1 aliphatic heterocycles. The van der Waals surface area contributed by atoms with Crippen LogP contribution in [0, 0.1) is 0 Å². The van der Waals surface area contributed by atoms with E-state index in [0.29, 0.717) is 6.54 Å². The molecule has 4 nitrogen and oxygen atoms in total. The standard InChI is InChI=1S/C11H16N2O2S/c14-11(15)10-7-12-3-5-13(10)4-1-9-2-6-16-8-9/h2,6,8,10,12H,1,3-5,7H2,(H,14,15). The molecule has 1 fully saturated rings. The van der Waals surface area contributed by atoms with Crippen LogP contribution in [0.15, 0.2) is 16.8 Å². The fraction of sp³-hybridized carbons (Fsp3) is 0.545. The Balaban J connectivity index is 1.89. The molecule has 1 saturated heterocycles. The minimum Gasteiger partial charge on any atom is -0.480 e. The van der Waals surface area contributed by atoms with Crippen molar-refractivity contribution in [3.05, 3.63) is 22.4 Å². The number of hydrogen-bond acceptors (Lipinski definition) is 4. The maximum atomic E-state index is 11.0. The third-order valence-electron chi connectivity index (χ3n) is 2.91. The molecule has 1 aromatic heterocycles. The lowest BCUT2D eigenvalue weighted by Crippen LogP contribution is -2.55. The van der Waals surface area contributed by atoms with Crippen molar-refractivity contribution in [2.45, 2.75) is 12.5 Å². The average molecular weight is 240 g/mol. The lowest BCUT2D eigenvalue weighted by Gasteiger charge is -2.33. The zero-order valence-corrected chi connectivity index (χ0v) is 9.87. The van der Waals surface area contributed by atoms with E-state index in [-0.39, 0.29) is 6.04 Å². The second-order valence-corrected chi connectivity index (χ2v) is 4.76. The van der Waals surface area contributed by atoms with Gasteiger partial charge in [0.1, 0.15) is 6.04 Å². The molecule has 0 amide bonds. The summed E-state index contributed by atoms with van der Waals surface area (Å²) in [6.07, 6.45) is 0.938. The number of thiophene rings is 1. The van der Waals surface area contributed by atoms with Gasteiger partial charge in [0.2, 0.25) is 0 Å². The van der Waals surface area contributed by atoms with E-state index in [2.05, 4.69) is 27.0 Å². The van der Waals surface area contributed by atoms with Crippen LogP contribution in [0.5, 0.6) is 0 Å². The molecule has 1 aromatic rings. The van der Waals surface area contributed by atoms with Crippen LogP contribution in [-0.4, -0.2) is 48.2 Å². The van der Waals surface area contributed by atoms with Gasteiger partial charge in [-0.3, -0.25) is 9.69 Å². The Labute approximate surface area is 98.9 Å². The van der Waals surface area contributed by atoms with Gasteiger partial charge in [-0.1, -0.05) is 0 Å². The molecule has 1 unspecified atom stereocenters. The molecule has 16 heavy (non-hydrogen) atoms. The maximum Gasteiger partial charge on any atom is 0.322 e. The Bertz CT molecular complexity index is 340. The number of carboxylic acids is 1. The highest BCUT2D eigenvalue weighted by atomic mass is 32.1. The van der Waals surface area contributed by atoms with Crippen LogP contribution in [0.25, 0.3) is 0 Å². The first-order chi connectivity index (χ1) is 7.77. The Hall–Kier alpha value is -0.910. The van der Waals surface area contributed by atoms with E-state index >= 15 is 0 Å². The van der Waals surface area contributed by atoms with Crippen molar-refractivity contribution in [3.63, 3.8) is 0 Å². The second kappa shape index (κ2) is 5.43. The number of hydrogen-bond donors (Lipinski definition) is 2. The van der Waals surface area contributed by atoms with E-state index in [1.165, 1.54) is 5.56 Å². The molecule has 0 aromatic carbocycles. The van der Waals surface area contributed by atoms with Crippen LogP contribution in [0.4, 0.5) is 0 Å². The first-order valence-corrected chi connectivity index (χ1v) is 6.40. The van der Waals surface area contributed by atoms with Gasteiger partial charge in [0.25, 0.3) is 0 Å². The lowest BCUT2D eigenvalue weighted by atomic mass is 10.1. The van der Waals surface area contributed by atoms with E-state index < -0.39 is 5.97 Å². The number of rotatable bonds is 4. The van der Waals surface area contributed by atoms with Crippen LogP contribution in [0.1, 0.15) is 5.56 Å². The fourth-order valence-electron chi connectivity index (χ4n) is 1.97. The highest BCUT2D eigenvalue weighted by molar-refractivity contribution is 7.07. The van der Waals surface area contributed by atoms with Gasteiger partial charge in [-0.05, 0) is 28.8 Å². The highest BCUT2D eigenvalue weighted by Gasteiger charge is 2.27. The molecule has 2 rings (SSSR count). The van der Waals surface area contributed by atoms with Gasteiger partial charge in [0.05, 0.1) is 0 Å². The maximum absolute atomic E-state index is 11.0. The van der Waals surface area contributed by atoms with Crippen molar-refractivity contribution in [1.82, 2.24) is 10.2 Å². The number of carbonyl (C=O) groups is 1. The SMILES string of the molecule is O=C(O)C1CNCCN1CCc1ccsc1.